The zero-order valence-electron chi connectivity index (χ0n) is 20.6. The van der Waals surface area contributed by atoms with Crippen molar-refractivity contribution >= 4 is 34.8 Å². The van der Waals surface area contributed by atoms with Crippen LogP contribution in [0.2, 0.25) is 0 Å². The van der Waals surface area contributed by atoms with E-state index >= 15 is 0 Å². The molecule has 0 spiro atoms. The molecule has 0 atom stereocenters. The van der Waals surface area contributed by atoms with Gasteiger partial charge in [0.05, 0.1) is 11.4 Å². The van der Waals surface area contributed by atoms with Gasteiger partial charge in [0.2, 0.25) is 5.91 Å². The van der Waals surface area contributed by atoms with Gasteiger partial charge in [-0.3, -0.25) is 9.59 Å². The average Bonchev–Trinajstić information content (AvgIpc) is 3.51. The number of hydrogen-bond donors (Lipinski definition) is 2. The predicted octanol–water partition coefficient (Wildman–Crippen LogP) is 3.60. The van der Waals surface area contributed by atoms with E-state index in [4.69, 9.17) is 0 Å². The van der Waals surface area contributed by atoms with E-state index in [-0.39, 0.29) is 42.7 Å². The molecule has 1 saturated heterocycles. The largest absolute Gasteiger partial charge is 0.352 e. The minimum atomic E-state index is -0.374. The van der Waals surface area contributed by atoms with Gasteiger partial charge in [0.25, 0.3) is 0 Å². The second kappa shape index (κ2) is 11.0. The Morgan fingerprint density at radius 2 is 1.61 bits per heavy atom. The van der Waals surface area contributed by atoms with Crippen LogP contribution in [0.15, 0.2) is 59.9 Å². The summed E-state index contributed by atoms with van der Waals surface area (Å²) in [7, 11) is 3.63. The van der Waals surface area contributed by atoms with Crippen molar-refractivity contribution < 1.29 is 14.4 Å². The lowest BCUT2D eigenvalue weighted by Crippen LogP contribution is -2.32. The normalized spacial score (nSPS) is 14.4. The van der Waals surface area contributed by atoms with Crippen LogP contribution in [-0.2, 0) is 16.1 Å². The zero-order chi connectivity index (χ0) is 25.7. The fourth-order valence-electron chi connectivity index (χ4n) is 4.58. The maximum Gasteiger partial charge on any atom is 0.321 e. The van der Waals surface area contributed by atoms with E-state index in [1.807, 2.05) is 78.5 Å². The SMILES string of the molecule is CN1C(=C(C#N)C(=O)CCC(=O)NCc2cccc(NC(=O)N3CCCC3)c2)N(C)c2ccccc21. The lowest BCUT2D eigenvalue weighted by Gasteiger charge is -2.19. The number of Topliss-reactive ketones (excluding diaryl/α,β-unsaturated/α-hetero) is 1. The fourth-order valence-corrected chi connectivity index (χ4v) is 4.58. The first kappa shape index (κ1) is 24.8. The third kappa shape index (κ3) is 5.33. The number of para-hydroxylation sites is 2. The molecule has 0 aliphatic carbocycles. The molecule has 0 saturated carbocycles. The molecule has 36 heavy (non-hydrogen) atoms. The number of fused-ring (bicyclic) bond motifs is 1. The summed E-state index contributed by atoms with van der Waals surface area (Å²) >= 11 is 0. The number of carbonyl (C=O) groups excluding carboxylic acids is 3. The van der Waals surface area contributed by atoms with Crippen molar-refractivity contribution in [1.29, 1.82) is 5.26 Å². The maximum absolute atomic E-state index is 12.9. The molecule has 0 aromatic heterocycles. The quantitative estimate of drug-likeness (QED) is 0.457. The lowest BCUT2D eigenvalue weighted by molar-refractivity contribution is -0.124. The molecular formula is C27H30N6O3. The molecule has 186 valence electrons. The summed E-state index contributed by atoms with van der Waals surface area (Å²) in [6.07, 6.45) is 1.96. The first-order chi connectivity index (χ1) is 17.4. The molecular weight excluding hydrogens is 456 g/mol. The van der Waals surface area contributed by atoms with E-state index in [1.54, 1.807) is 4.90 Å². The monoisotopic (exact) mass is 486 g/mol. The van der Waals surface area contributed by atoms with Gasteiger partial charge >= 0.3 is 6.03 Å². The Labute approximate surface area is 211 Å². The molecule has 2 aliphatic heterocycles. The summed E-state index contributed by atoms with van der Waals surface area (Å²) in [5.74, 6) is -0.147. The van der Waals surface area contributed by atoms with Gasteiger partial charge in [0, 0.05) is 52.3 Å². The molecule has 2 aliphatic rings. The van der Waals surface area contributed by atoms with Crippen molar-refractivity contribution in [3.8, 4) is 6.07 Å². The van der Waals surface area contributed by atoms with Crippen LogP contribution in [0.1, 0.15) is 31.2 Å². The Balaban J connectivity index is 1.31. The van der Waals surface area contributed by atoms with Gasteiger partial charge in [0.1, 0.15) is 17.5 Å². The van der Waals surface area contributed by atoms with Gasteiger partial charge in [0.15, 0.2) is 5.78 Å². The molecule has 9 nitrogen and oxygen atoms in total. The van der Waals surface area contributed by atoms with Gasteiger partial charge in [-0.05, 0) is 42.7 Å². The number of hydrogen-bond acceptors (Lipinski definition) is 6. The molecule has 4 rings (SSSR count). The third-order valence-electron chi connectivity index (χ3n) is 6.49. The number of nitrogens with zero attached hydrogens (tertiary/aromatic N) is 4. The number of rotatable bonds is 7. The predicted molar refractivity (Wildman–Crippen MR) is 138 cm³/mol. The van der Waals surface area contributed by atoms with Crippen molar-refractivity contribution in [2.24, 2.45) is 0 Å². The number of benzene rings is 2. The molecule has 3 amide bonds. The summed E-state index contributed by atoms with van der Waals surface area (Å²) in [6.45, 7) is 1.81. The van der Waals surface area contributed by atoms with Crippen LogP contribution in [0.3, 0.4) is 0 Å². The number of likely N-dealkylation sites (tertiary alicyclic amines) is 1. The molecule has 9 heteroatoms. The van der Waals surface area contributed by atoms with Crippen LogP contribution < -0.4 is 20.4 Å². The molecule has 0 radical (unpaired) electrons. The van der Waals surface area contributed by atoms with Crippen LogP contribution in [0.4, 0.5) is 21.9 Å². The van der Waals surface area contributed by atoms with Gasteiger partial charge in [-0.1, -0.05) is 24.3 Å². The topological polar surface area (TPSA) is 109 Å². The standard InChI is InChI=1S/C27H30N6O3/c1-31-22-10-3-4-11-23(22)32(2)26(31)21(17-28)24(34)12-13-25(35)29-18-19-8-7-9-20(16-19)30-27(36)33-14-5-6-15-33/h3-4,7-11,16H,5-6,12-15,18H2,1-2H3,(H,29,35)(H,30,36). The van der Waals surface area contributed by atoms with E-state index in [9.17, 15) is 19.6 Å². The van der Waals surface area contributed by atoms with Gasteiger partial charge in [-0.2, -0.15) is 5.26 Å². The van der Waals surface area contributed by atoms with Crippen LogP contribution >= 0.6 is 0 Å². The van der Waals surface area contributed by atoms with E-state index in [0.717, 1.165) is 42.9 Å². The van der Waals surface area contributed by atoms with E-state index < -0.39 is 0 Å². The van der Waals surface area contributed by atoms with Crippen molar-refractivity contribution in [3.05, 3.63) is 65.5 Å². The second-order valence-corrected chi connectivity index (χ2v) is 8.94. The molecule has 0 unspecified atom stereocenters. The zero-order valence-corrected chi connectivity index (χ0v) is 20.6. The van der Waals surface area contributed by atoms with Crippen LogP contribution in [0.25, 0.3) is 0 Å². The number of nitriles is 1. The second-order valence-electron chi connectivity index (χ2n) is 8.94. The summed E-state index contributed by atoms with van der Waals surface area (Å²) in [4.78, 5) is 43.0. The summed E-state index contributed by atoms with van der Waals surface area (Å²) in [5.41, 5.74) is 3.36. The molecule has 0 bridgehead atoms. The highest BCUT2D eigenvalue weighted by molar-refractivity contribution is 6.03. The fraction of sp³-hybridized carbons (Fsp3) is 0.333. The van der Waals surface area contributed by atoms with E-state index in [2.05, 4.69) is 10.6 Å². The Morgan fingerprint density at radius 1 is 0.944 bits per heavy atom. The highest BCUT2D eigenvalue weighted by Crippen LogP contribution is 2.40. The van der Waals surface area contributed by atoms with Gasteiger partial charge in [-0.15, -0.1) is 0 Å². The first-order valence-corrected chi connectivity index (χ1v) is 12.0. The number of anilines is 3. The third-order valence-corrected chi connectivity index (χ3v) is 6.49. The number of carbonyl (C=O) groups is 3. The Morgan fingerprint density at radius 3 is 2.25 bits per heavy atom. The van der Waals surface area contributed by atoms with Gasteiger partial charge < -0.3 is 25.3 Å². The van der Waals surface area contributed by atoms with Crippen LogP contribution in [0.5, 0.6) is 0 Å². The molecule has 2 heterocycles. The molecule has 2 aromatic rings. The highest BCUT2D eigenvalue weighted by Gasteiger charge is 2.31. The van der Waals surface area contributed by atoms with Crippen LogP contribution in [0, 0.1) is 11.3 Å². The smallest absolute Gasteiger partial charge is 0.321 e. The average molecular weight is 487 g/mol. The Hall–Kier alpha value is -4.32. The lowest BCUT2D eigenvalue weighted by atomic mass is 10.1. The van der Waals surface area contributed by atoms with E-state index in [0.29, 0.717) is 11.5 Å². The highest BCUT2D eigenvalue weighted by atomic mass is 16.2. The molecule has 2 aromatic carbocycles. The summed E-state index contributed by atoms with van der Waals surface area (Å²) in [6, 6.07) is 16.9. The van der Waals surface area contributed by atoms with Crippen molar-refractivity contribution in [3.63, 3.8) is 0 Å². The molecule has 2 N–H and O–H groups in total. The number of ketones is 1. The molecule has 1 fully saturated rings. The minimum absolute atomic E-state index is 0.0247. The number of nitrogens with one attached hydrogen (secondary N) is 2. The van der Waals surface area contributed by atoms with Crippen molar-refractivity contribution in [2.45, 2.75) is 32.2 Å². The Bertz CT molecular complexity index is 1210. The first-order valence-electron chi connectivity index (χ1n) is 12.0. The van der Waals surface area contributed by atoms with Gasteiger partial charge in [-0.25, -0.2) is 4.79 Å². The van der Waals surface area contributed by atoms with Crippen molar-refractivity contribution in [1.82, 2.24) is 10.2 Å². The van der Waals surface area contributed by atoms with Crippen molar-refractivity contribution in [2.75, 3.05) is 42.3 Å². The maximum atomic E-state index is 12.9. The number of allylic oxidation sites excluding steroid dienone is 1. The number of amides is 3. The van der Waals surface area contributed by atoms with Crippen LogP contribution in [-0.4, -0.2) is 49.8 Å². The minimum Gasteiger partial charge on any atom is -0.352 e. The summed E-state index contributed by atoms with van der Waals surface area (Å²) in [5, 5.41) is 15.4. The Kier molecular flexibility index (Phi) is 7.54. The number of urea groups is 1. The summed E-state index contributed by atoms with van der Waals surface area (Å²) < 4.78 is 0. The van der Waals surface area contributed by atoms with E-state index in [1.165, 1.54) is 0 Å².